The predicted molar refractivity (Wildman–Crippen MR) is 138 cm³/mol. The molecule has 0 spiro atoms. The smallest absolute Gasteiger partial charge is 0.338 e. The molecule has 37 heavy (non-hydrogen) atoms. The summed E-state index contributed by atoms with van der Waals surface area (Å²) in [5.41, 5.74) is 2.14. The number of pyridine rings is 1. The van der Waals surface area contributed by atoms with Crippen molar-refractivity contribution in [2.75, 3.05) is 6.61 Å². The highest BCUT2D eigenvalue weighted by molar-refractivity contribution is 9.10. The number of aromatic nitrogens is 1. The van der Waals surface area contributed by atoms with Crippen molar-refractivity contribution in [3.8, 4) is 0 Å². The minimum Gasteiger partial charge on any atom is -0.503 e. The Morgan fingerprint density at radius 3 is 2.51 bits per heavy atom. The monoisotopic (exact) mass is 560 g/mol. The van der Waals surface area contributed by atoms with E-state index in [1.54, 1.807) is 73.9 Å². The number of nitrogens with zero attached hydrogens (tertiary/aromatic N) is 2. The Morgan fingerprint density at radius 1 is 1.08 bits per heavy atom. The molecule has 1 aliphatic rings. The zero-order valence-corrected chi connectivity index (χ0v) is 21.3. The number of hydrogen-bond donors (Lipinski definition) is 1. The number of ketones is 1. The summed E-state index contributed by atoms with van der Waals surface area (Å²) in [6.45, 7) is 2.08. The lowest BCUT2D eigenvalue weighted by Crippen LogP contribution is -2.30. The minimum atomic E-state index is -0.868. The third kappa shape index (κ3) is 4.65. The molecule has 0 saturated carbocycles. The van der Waals surface area contributed by atoms with Crippen molar-refractivity contribution in [2.45, 2.75) is 19.5 Å². The van der Waals surface area contributed by atoms with Gasteiger partial charge in [0.1, 0.15) is 5.58 Å². The van der Waals surface area contributed by atoms with Gasteiger partial charge in [-0.2, -0.15) is 0 Å². The Bertz CT molecular complexity index is 1540. The number of benzene rings is 2. The van der Waals surface area contributed by atoms with Crippen LogP contribution in [0.5, 0.6) is 0 Å². The van der Waals surface area contributed by atoms with E-state index in [9.17, 15) is 19.5 Å². The maximum atomic E-state index is 13.7. The maximum absolute atomic E-state index is 13.7. The summed E-state index contributed by atoms with van der Waals surface area (Å²) < 4.78 is 11.6. The highest BCUT2D eigenvalue weighted by Gasteiger charge is 2.44. The van der Waals surface area contributed by atoms with Gasteiger partial charge < -0.3 is 19.2 Å². The molecule has 5 rings (SSSR count). The Balaban J connectivity index is 1.51. The topological polar surface area (TPSA) is 110 Å². The molecule has 0 bridgehead atoms. The normalized spacial score (nSPS) is 15.5. The molecule has 8 nitrogen and oxygen atoms in total. The lowest BCUT2D eigenvalue weighted by molar-refractivity contribution is -0.130. The third-order valence-electron chi connectivity index (χ3n) is 6.09. The SMILES string of the molecule is CCOC(=O)c1ccc(CN2C(=O)C(O)=C(C(=O)c3cc4cc(Br)ccc4o3)C2c2ccncc2)cc1. The van der Waals surface area contributed by atoms with Crippen LogP contribution >= 0.6 is 15.9 Å². The number of aliphatic hydroxyl groups excluding tert-OH is 1. The van der Waals surface area contributed by atoms with E-state index in [4.69, 9.17) is 9.15 Å². The van der Waals surface area contributed by atoms with E-state index in [1.165, 1.54) is 4.90 Å². The molecule has 1 unspecified atom stereocenters. The number of rotatable bonds is 7. The van der Waals surface area contributed by atoms with Crippen molar-refractivity contribution in [2.24, 2.45) is 0 Å². The number of carbonyl (C=O) groups excluding carboxylic acids is 3. The van der Waals surface area contributed by atoms with E-state index in [1.807, 2.05) is 6.07 Å². The number of ether oxygens (including phenoxy) is 1. The van der Waals surface area contributed by atoms with Crippen LogP contribution in [0.25, 0.3) is 11.0 Å². The third-order valence-corrected chi connectivity index (χ3v) is 6.58. The molecule has 2 aromatic carbocycles. The molecule has 3 heterocycles. The average molecular weight is 561 g/mol. The molecule has 1 N–H and O–H groups in total. The van der Waals surface area contributed by atoms with Crippen LogP contribution in [-0.4, -0.2) is 39.3 Å². The predicted octanol–water partition coefficient (Wildman–Crippen LogP) is 5.55. The summed E-state index contributed by atoms with van der Waals surface area (Å²) in [6.07, 6.45) is 3.12. The van der Waals surface area contributed by atoms with Crippen molar-refractivity contribution in [3.05, 3.63) is 111 Å². The van der Waals surface area contributed by atoms with E-state index in [-0.39, 0.29) is 24.5 Å². The van der Waals surface area contributed by atoms with E-state index in [0.717, 1.165) is 4.47 Å². The van der Waals surface area contributed by atoms with Crippen LogP contribution < -0.4 is 0 Å². The van der Waals surface area contributed by atoms with Crippen LogP contribution in [0.3, 0.4) is 0 Å². The van der Waals surface area contributed by atoms with Crippen molar-refractivity contribution in [3.63, 3.8) is 0 Å². The highest BCUT2D eigenvalue weighted by Crippen LogP contribution is 2.40. The second-order valence-electron chi connectivity index (χ2n) is 8.42. The molecule has 0 fully saturated rings. The number of carbonyl (C=O) groups is 3. The summed E-state index contributed by atoms with van der Waals surface area (Å²) in [6, 6.07) is 16.1. The van der Waals surface area contributed by atoms with E-state index < -0.39 is 29.5 Å². The van der Waals surface area contributed by atoms with Gasteiger partial charge >= 0.3 is 5.97 Å². The number of fused-ring (bicyclic) bond motifs is 1. The lowest BCUT2D eigenvalue weighted by Gasteiger charge is -2.26. The summed E-state index contributed by atoms with van der Waals surface area (Å²) in [4.78, 5) is 44.3. The quantitative estimate of drug-likeness (QED) is 0.233. The minimum absolute atomic E-state index is 0.0159. The number of esters is 1. The summed E-state index contributed by atoms with van der Waals surface area (Å²) in [5, 5.41) is 11.6. The van der Waals surface area contributed by atoms with Crippen LogP contribution in [0.15, 0.2) is 93.3 Å². The largest absolute Gasteiger partial charge is 0.503 e. The molecule has 1 amide bonds. The number of furan rings is 1. The Hall–Kier alpha value is -4.24. The summed E-state index contributed by atoms with van der Waals surface area (Å²) in [5.74, 6) is -2.32. The second-order valence-corrected chi connectivity index (χ2v) is 9.33. The van der Waals surface area contributed by atoms with Crippen molar-refractivity contribution in [1.82, 2.24) is 9.88 Å². The maximum Gasteiger partial charge on any atom is 0.338 e. The van der Waals surface area contributed by atoms with Crippen molar-refractivity contribution >= 4 is 44.6 Å². The van der Waals surface area contributed by atoms with Crippen molar-refractivity contribution in [1.29, 1.82) is 0 Å². The molecule has 0 aliphatic carbocycles. The number of amides is 1. The fourth-order valence-corrected chi connectivity index (χ4v) is 4.74. The van der Waals surface area contributed by atoms with Gasteiger partial charge in [0.15, 0.2) is 11.5 Å². The first kappa shape index (κ1) is 24.5. The Morgan fingerprint density at radius 2 is 1.81 bits per heavy atom. The van der Waals surface area contributed by atoms with Gasteiger partial charge in [-0.05, 0) is 66.6 Å². The van der Waals surface area contributed by atoms with Crippen LogP contribution in [0.4, 0.5) is 0 Å². The number of Topliss-reactive ketones (excluding diaryl/α,β-unsaturated/α-hetero) is 1. The van der Waals surface area contributed by atoms with Gasteiger partial charge in [-0.25, -0.2) is 4.79 Å². The number of hydrogen-bond acceptors (Lipinski definition) is 7. The van der Waals surface area contributed by atoms with Crippen LogP contribution in [0.1, 0.15) is 45.0 Å². The fourth-order valence-electron chi connectivity index (χ4n) is 4.36. The van der Waals surface area contributed by atoms with Gasteiger partial charge in [-0.1, -0.05) is 28.1 Å². The molecule has 4 aromatic rings. The van der Waals surface area contributed by atoms with Gasteiger partial charge in [0.2, 0.25) is 5.78 Å². The van der Waals surface area contributed by atoms with E-state index >= 15 is 0 Å². The van der Waals surface area contributed by atoms with Gasteiger partial charge in [0.05, 0.1) is 23.8 Å². The van der Waals surface area contributed by atoms with E-state index in [2.05, 4.69) is 20.9 Å². The Kier molecular flexibility index (Phi) is 6.62. The molecular formula is C28H21BrN2O6. The molecule has 1 atom stereocenters. The molecule has 9 heteroatoms. The Labute approximate surface area is 220 Å². The summed E-state index contributed by atoms with van der Waals surface area (Å²) in [7, 11) is 0. The van der Waals surface area contributed by atoms with Crippen LogP contribution in [0.2, 0.25) is 0 Å². The van der Waals surface area contributed by atoms with Gasteiger partial charge in [-0.3, -0.25) is 14.6 Å². The summed E-state index contributed by atoms with van der Waals surface area (Å²) >= 11 is 3.40. The number of aliphatic hydroxyl groups is 1. The molecular weight excluding hydrogens is 540 g/mol. The molecule has 186 valence electrons. The standard InChI is InChI=1S/C28H21BrN2O6/c1-2-36-28(35)18-5-3-16(4-6-18)15-31-24(17-9-11-30-12-10-17)23(26(33)27(31)34)25(32)22-14-19-13-20(29)7-8-21(19)37-22/h3-14,24,33H,2,15H2,1H3. The van der Waals surface area contributed by atoms with Gasteiger partial charge in [0, 0.05) is 28.8 Å². The van der Waals surface area contributed by atoms with Gasteiger partial charge in [0.25, 0.3) is 5.91 Å². The van der Waals surface area contributed by atoms with Gasteiger partial charge in [-0.15, -0.1) is 0 Å². The van der Waals surface area contributed by atoms with Crippen LogP contribution in [-0.2, 0) is 16.1 Å². The zero-order valence-electron chi connectivity index (χ0n) is 19.7. The second kappa shape index (κ2) is 10.0. The molecule has 0 saturated heterocycles. The van der Waals surface area contributed by atoms with Crippen LogP contribution in [0, 0.1) is 0 Å². The average Bonchev–Trinajstić information content (AvgIpc) is 3.43. The van der Waals surface area contributed by atoms with E-state index in [0.29, 0.717) is 27.7 Å². The molecule has 0 radical (unpaired) electrons. The molecule has 1 aliphatic heterocycles. The lowest BCUT2D eigenvalue weighted by atomic mass is 9.95. The molecule has 2 aromatic heterocycles. The first-order chi connectivity index (χ1) is 17.9. The first-order valence-electron chi connectivity index (χ1n) is 11.5. The fraction of sp³-hybridized carbons (Fsp3) is 0.143. The first-order valence-corrected chi connectivity index (χ1v) is 12.3. The zero-order chi connectivity index (χ0) is 26.1. The van der Waals surface area contributed by atoms with Crippen molar-refractivity contribution < 1.29 is 28.6 Å². The highest BCUT2D eigenvalue weighted by atomic mass is 79.9. The number of halogens is 1.